The van der Waals surface area contributed by atoms with Crippen molar-refractivity contribution in [3.05, 3.63) is 0 Å². The standard InChI is InChI=1S/C12H18O10/c13-9(14)5-1-3-7-19-11(17)21-22-12(18)20-8-4-2-6-10(15)16/h1-8H2,(H,13,14)(H,15,16). The number of rotatable bonds is 10. The first-order valence-electron chi connectivity index (χ1n) is 6.53. The highest BCUT2D eigenvalue weighted by Gasteiger charge is 2.12. The molecule has 0 aliphatic rings. The molecule has 0 atom stereocenters. The van der Waals surface area contributed by atoms with Crippen molar-refractivity contribution in [3.63, 3.8) is 0 Å². The molecule has 0 heterocycles. The zero-order valence-electron chi connectivity index (χ0n) is 11.8. The van der Waals surface area contributed by atoms with Gasteiger partial charge in [-0.15, -0.1) is 0 Å². The lowest BCUT2D eigenvalue weighted by Crippen LogP contribution is -2.15. The number of carbonyl (C=O) groups excluding carboxylic acids is 2. The van der Waals surface area contributed by atoms with E-state index in [-0.39, 0.29) is 26.1 Å². The highest BCUT2D eigenvalue weighted by atomic mass is 17.3. The molecule has 126 valence electrons. The van der Waals surface area contributed by atoms with Crippen LogP contribution in [0.3, 0.4) is 0 Å². The molecule has 0 aromatic rings. The first kappa shape index (κ1) is 19.5. The zero-order valence-corrected chi connectivity index (χ0v) is 11.8. The van der Waals surface area contributed by atoms with Gasteiger partial charge >= 0.3 is 24.2 Å². The van der Waals surface area contributed by atoms with Crippen molar-refractivity contribution in [3.8, 4) is 0 Å². The summed E-state index contributed by atoms with van der Waals surface area (Å²) in [7, 11) is 0. The number of hydrogen-bond acceptors (Lipinski definition) is 8. The number of carbonyl (C=O) groups is 4. The molecule has 0 aromatic heterocycles. The molecule has 0 unspecified atom stereocenters. The number of unbranched alkanes of at least 4 members (excludes halogenated alkanes) is 2. The maximum absolute atomic E-state index is 10.9. The fourth-order valence-corrected chi connectivity index (χ4v) is 1.18. The Balaban J connectivity index is 3.46. The van der Waals surface area contributed by atoms with E-state index in [9.17, 15) is 19.2 Å². The van der Waals surface area contributed by atoms with Gasteiger partial charge in [-0.3, -0.25) is 9.59 Å². The summed E-state index contributed by atoms with van der Waals surface area (Å²) in [6.45, 7) is -0.139. The van der Waals surface area contributed by atoms with Crippen LogP contribution in [0.2, 0.25) is 0 Å². The van der Waals surface area contributed by atoms with Gasteiger partial charge in [-0.1, -0.05) is 0 Å². The molecule has 0 saturated heterocycles. The largest absolute Gasteiger partial charge is 0.549 e. The number of aliphatic carboxylic acids is 2. The van der Waals surface area contributed by atoms with E-state index in [1.54, 1.807) is 0 Å². The monoisotopic (exact) mass is 322 g/mol. The SMILES string of the molecule is O=C(O)CCCCOC(=O)OOC(=O)OCCCCC(=O)O. The van der Waals surface area contributed by atoms with Gasteiger partial charge in [0.25, 0.3) is 0 Å². The molecule has 22 heavy (non-hydrogen) atoms. The second kappa shape index (κ2) is 12.2. The van der Waals surface area contributed by atoms with Crippen molar-refractivity contribution in [1.29, 1.82) is 0 Å². The molecule has 0 aliphatic carbocycles. The summed E-state index contributed by atoms with van der Waals surface area (Å²) in [5.41, 5.74) is 0. The quantitative estimate of drug-likeness (QED) is 0.264. The third kappa shape index (κ3) is 13.9. The van der Waals surface area contributed by atoms with Crippen molar-refractivity contribution in [2.75, 3.05) is 13.2 Å². The molecular formula is C12H18O10. The van der Waals surface area contributed by atoms with E-state index in [1.165, 1.54) is 0 Å². The Labute approximate surface area is 125 Å². The topological polar surface area (TPSA) is 146 Å². The second-order valence-electron chi connectivity index (χ2n) is 4.07. The van der Waals surface area contributed by atoms with Gasteiger partial charge in [0, 0.05) is 12.8 Å². The van der Waals surface area contributed by atoms with E-state index in [4.69, 9.17) is 10.2 Å². The van der Waals surface area contributed by atoms with Gasteiger partial charge in [0.1, 0.15) is 0 Å². The van der Waals surface area contributed by atoms with Gasteiger partial charge in [0.15, 0.2) is 0 Å². The van der Waals surface area contributed by atoms with Crippen LogP contribution < -0.4 is 0 Å². The Morgan fingerprint density at radius 3 is 1.32 bits per heavy atom. The van der Waals surface area contributed by atoms with Gasteiger partial charge in [-0.25, -0.2) is 0 Å². The van der Waals surface area contributed by atoms with Crippen molar-refractivity contribution >= 4 is 24.2 Å². The van der Waals surface area contributed by atoms with Gasteiger partial charge in [-0.2, -0.15) is 19.4 Å². The van der Waals surface area contributed by atoms with Crippen LogP contribution in [0.25, 0.3) is 0 Å². The number of carboxylic acids is 2. The minimum Gasteiger partial charge on any atom is -0.481 e. The predicted molar refractivity (Wildman–Crippen MR) is 67.8 cm³/mol. The van der Waals surface area contributed by atoms with Crippen molar-refractivity contribution in [2.24, 2.45) is 0 Å². The Morgan fingerprint density at radius 1 is 0.636 bits per heavy atom. The van der Waals surface area contributed by atoms with Crippen LogP contribution in [0.15, 0.2) is 0 Å². The van der Waals surface area contributed by atoms with E-state index in [2.05, 4.69) is 19.2 Å². The highest BCUT2D eigenvalue weighted by molar-refractivity contribution is 5.67. The van der Waals surface area contributed by atoms with Crippen molar-refractivity contribution in [1.82, 2.24) is 0 Å². The Hall–Kier alpha value is -2.52. The minimum absolute atomic E-state index is 0.0386. The van der Waals surface area contributed by atoms with Crippen LogP contribution >= 0.6 is 0 Å². The second-order valence-corrected chi connectivity index (χ2v) is 4.07. The fourth-order valence-electron chi connectivity index (χ4n) is 1.18. The van der Waals surface area contributed by atoms with Crippen LogP contribution in [0, 0.1) is 0 Å². The molecule has 0 aromatic carbocycles. The van der Waals surface area contributed by atoms with Crippen molar-refractivity contribution in [2.45, 2.75) is 38.5 Å². The summed E-state index contributed by atoms with van der Waals surface area (Å²) in [5, 5.41) is 16.7. The van der Waals surface area contributed by atoms with E-state index >= 15 is 0 Å². The number of carboxylic acid groups (broad SMARTS) is 2. The average Bonchev–Trinajstić information content (AvgIpc) is 2.43. The fraction of sp³-hybridized carbons (Fsp3) is 0.667. The molecule has 0 spiro atoms. The lowest BCUT2D eigenvalue weighted by molar-refractivity contribution is -0.217. The normalized spacial score (nSPS) is 9.64. The Kier molecular flexibility index (Phi) is 10.8. The lowest BCUT2D eigenvalue weighted by Gasteiger charge is -2.05. The van der Waals surface area contributed by atoms with Crippen LogP contribution in [0.1, 0.15) is 38.5 Å². The van der Waals surface area contributed by atoms with Crippen LogP contribution in [-0.2, 0) is 28.8 Å². The van der Waals surface area contributed by atoms with Gasteiger partial charge in [0.05, 0.1) is 13.2 Å². The predicted octanol–water partition coefficient (Wildman–Crippen LogP) is 1.72. The molecule has 0 aliphatic heterocycles. The summed E-state index contributed by atoms with van der Waals surface area (Å²) in [5.74, 6) is -1.89. The molecule has 10 heteroatoms. The van der Waals surface area contributed by atoms with Crippen LogP contribution in [0.5, 0.6) is 0 Å². The molecule has 2 N–H and O–H groups in total. The maximum Gasteiger partial charge on any atom is 0.549 e. The summed E-state index contributed by atoms with van der Waals surface area (Å²) in [6, 6.07) is 0. The third-order valence-electron chi connectivity index (χ3n) is 2.19. The number of ether oxygens (including phenoxy) is 2. The maximum atomic E-state index is 10.9. The molecule has 0 fully saturated rings. The zero-order chi connectivity index (χ0) is 16.8. The summed E-state index contributed by atoms with van der Waals surface area (Å²) >= 11 is 0. The van der Waals surface area contributed by atoms with Crippen LogP contribution in [0.4, 0.5) is 9.59 Å². The molecule has 0 radical (unpaired) electrons. The average molecular weight is 322 g/mol. The van der Waals surface area contributed by atoms with Crippen molar-refractivity contribution < 1.29 is 48.6 Å². The smallest absolute Gasteiger partial charge is 0.481 e. The molecule has 0 bridgehead atoms. The van der Waals surface area contributed by atoms with Crippen LogP contribution in [-0.4, -0.2) is 47.7 Å². The first-order chi connectivity index (χ1) is 10.4. The van der Waals surface area contributed by atoms with Gasteiger partial charge in [-0.05, 0) is 25.7 Å². The Morgan fingerprint density at radius 2 is 1.00 bits per heavy atom. The molecular weight excluding hydrogens is 304 g/mol. The van der Waals surface area contributed by atoms with E-state index in [1.807, 2.05) is 0 Å². The van der Waals surface area contributed by atoms with Gasteiger partial charge < -0.3 is 19.7 Å². The Bertz CT molecular complexity index is 342. The molecule has 0 rings (SSSR count). The number of hydrogen-bond donors (Lipinski definition) is 2. The minimum atomic E-state index is -1.25. The van der Waals surface area contributed by atoms with E-state index < -0.39 is 24.2 Å². The third-order valence-corrected chi connectivity index (χ3v) is 2.19. The van der Waals surface area contributed by atoms with Gasteiger partial charge in [0.2, 0.25) is 0 Å². The summed E-state index contributed by atoms with van der Waals surface area (Å²) in [4.78, 5) is 50.2. The van der Waals surface area contributed by atoms with E-state index in [0.29, 0.717) is 25.7 Å². The molecule has 0 amide bonds. The van der Waals surface area contributed by atoms with E-state index in [0.717, 1.165) is 0 Å². The molecule has 10 nitrogen and oxygen atoms in total. The lowest BCUT2D eigenvalue weighted by atomic mass is 10.2. The highest BCUT2D eigenvalue weighted by Crippen LogP contribution is 1.99. The summed E-state index contributed by atoms with van der Waals surface area (Å²) in [6.07, 6.45) is -1.25. The first-order valence-corrected chi connectivity index (χ1v) is 6.53. The molecule has 0 saturated carbocycles. The summed E-state index contributed by atoms with van der Waals surface area (Å²) < 4.78 is 8.98.